The van der Waals surface area contributed by atoms with E-state index >= 15 is 0 Å². The minimum Gasteiger partial charge on any atom is -0.353 e. The van der Waals surface area contributed by atoms with Gasteiger partial charge in [0.05, 0.1) is 11.6 Å². The third-order valence-electron chi connectivity index (χ3n) is 4.48. The van der Waals surface area contributed by atoms with E-state index in [1.54, 1.807) is 0 Å². The zero-order chi connectivity index (χ0) is 11.1. The second kappa shape index (κ2) is 3.22. The lowest BCUT2D eigenvalue weighted by Crippen LogP contribution is -2.60. The SMILES string of the molecule is CC1(C)C2CCC(NC=O)(C2)C1NC=O. The molecule has 2 saturated carbocycles. The monoisotopic (exact) mass is 210 g/mol. The Morgan fingerprint density at radius 3 is 2.60 bits per heavy atom. The number of hydrogen-bond donors (Lipinski definition) is 2. The van der Waals surface area contributed by atoms with Crippen LogP contribution in [-0.4, -0.2) is 24.4 Å². The first-order valence-corrected chi connectivity index (χ1v) is 5.48. The molecule has 0 saturated heterocycles. The van der Waals surface area contributed by atoms with Crippen molar-refractivity contribution in [3.63, 3.8) is 0 Å². The summed E-state index contributed by atoms with van der Waals surface area (Å²) >= 11 is 0. The molecule has 3 atom stereocenters. The van der Waals surface area contributed by atoms with Gasteiger partial charge >= 0.3 is 0 Å². The molecule has 0 aromatic carbocycles. The molecular formula is C11H18N2O2. The van der Waals surface area contributed by atoms with Crippen LogP contribution in [0.25, 0.3) is 0 Å². The molecule has 0 aliphatic heterocycles. The second-order valence-corrected chi connectivity index (χ2v) is 5.40. The summed E-state index contributed by atoms with van der Waals surface area (Å²) in [5.74, 6) is 0.599. The lowest BCUT2D eigenvalue weighted by molar-refractivity contribution is -0.114. The topological polar surface area (TPSA) is 58.2 Å². The third kappa shape index (κ3) is 1.27. The van der Waals surface area contributed by atoms with Crippen molar-refractivity contribution in [2.75, 3.05) is 0 Å². The van der Waals surface area contributed by atoms with Crippen molar-refractivity contribution in [2.45, 2.75) is 44.7 Å². The average Bonchev–Trinajstić information content (AvgIpc) is 2.66. The molecule has 3 unspecified atom stereocenters. The second-order valence-electron chi connectivity index (χ2n) is 5.40. The summed E-state index contributed by atoms with van der Waals surface area (Å²) in [7, 11) is 0. The predicted molar refractivity (Wildman–Crippen MR) is 56.0 cm³/mol. The van der Waals surface area contributed by atoms with Crippen LogP contribution in [0.4, 0.5) is 0 Å². The molecular weight excluding hydrogens is 192 g/mol. The molecule has 0 heterocycles. The number of amides is 2. The quantitative estimate of drug-likeness (QED) is 0.661. The first-order valence-electron chi connectivity index (χ1n) is 5.48. The summed E-state index contributed by atoms with van der Waals surface area (Å²) < 4.78 is 0. The van der Waals surface area contributed by atoms with Crippen molar-refractivity contribution >= 4 is 12.8 Å². The van der Waals surface area contributed by atoms with E-state index < -0.39 is 0 Å². The van der Waals surface area contributed by atoms with Crippen LogP contribution in [0.1, 0.15) is 33.1 Å². The maximum atomic E-state index is 10.7. The van der Waals surface area contributed by atoms with Crippen LogP contribution in [0.2, 0.25) is 0 Å². The van der Waals surface area contributed by atoms with Gasteiger partial charge in [-0.2, -0.15) is 0 Å². The van der Waals surface area contributed by atoms with Gasteiger partial charge in [-0.3, -0.25) is 9.59 Å². The van der Waals surface area contributed by atoms with E-state index in [4.69, 9.17) is 0 Å². The summed E-state index contributed by atoms with van der Waals surface area (Å²) in [5.41, 5.74) is -0.119. The molecule has 0 aromatic heterocycles. The van der Waals surface area contributed by atoms with Gasteiger partial charge in [-0.1, -0.05) is 13.8 Å². The highest BCUT2D eigenvalue weighted by molar-refractivity contribution is 5.53. The van der Waals surface area contributed by atoms with E-state index in [0.29, 0.717) is 5.92 Å². The average molecular weight is 210 g/mol. The van der Waals surface area contributed by atoms with E-state index in [9.17, 15) is 9.59 Å². The molecule has 2 amide bonds. The van der Waals surface area contributed by atoms with Gasteiger partial charge in [0.1, 0.15) is 0 Å². The smallest absolute Gasteiger partial charge is 0.207 e. The number of carbonyl (C=O) groups excluding carboxylic acids is 2. The van der Waals surface area contributed by atoms with Crippen molar-refractivity contribution in [2.24, 2.45) is 11.3 Å². The van der Waals surface area contributed by atoms with Gasteiger partial charge in [-0.15, -0.1) is 0 Å². The van der Waals surface area contributed by atoms with Crippen LogP contribution in [0, 0.1) is 11.3 Å². The number of nitrogens with one attached hydrogen (secondary N) is 2. The van der Waals surface area contributed by atoms with Crippen molar-refractivity contribution in [3.8, 4) is 0 Å². The van der Waals surface area contributed by atoms with Crippen molar-refractivity contribution in [3.05, 3.63) is 0 Å². The van der Waals surface area contributed by atoms with E-state index in [-0.39, 0.29) is 17.0 Å². The van der Waals surface area contributed by atoms with Crippen molar-refractivity contribution < 1.29 is 9.59 Å². The van der Waals surface area contributed by atoms with E-state index in [0.717, 1.165) is 32.1 Å². The van der Waals surface area contributed by atoms with Gasteiger partial charge in [-0.05, 0) is 30.6 Å². The molecule has 2 fully saturated rings. The number of hydrogen-bond acceptors (Lipinski definition) is 2. The highest BCUT2D eigenvalue weighted by atomic mass is 16.1. The Kier molecular flexibility index (Phi) is 2.24. The first-order chi connectivity index (χ1) is 7.07. The Morgan fingerprint density at radius 1 is 1.27 bits per heavy atom. The molecule has 0 spiro atoms. The molecule has 2 aliphatic rings. The van der Waals surface area contributed by atoms with Gasteiger partial charge < -0.3 is 10.6 Å². The van der Waals surface area contributed by atoms with Gasteiger partial charge in [0.15, 0.2) is 0 Å². The molecule has 2 aliphatic carbocycles. The third-order valence-corrected chi connectivity index (χ3v) is 4.48. The van der Waals surface area contributed by atoms with Crippen LogP contribution < -0.4 is 10.6 Å². The Balaban J connectivity index is 2.30. The molecule has 4 nitrogen and oxygen atoms in total. The fraction of sp³-hybridized carbons (Fsp3) is 0.818. The van der Waals surface area contributed by atoms with Crippen LogP contribution in [-0.2, 0) is 9.59 Å². The zero-order valence-electron chi connectivity index (χ0n) is 9.25. The summed E-state index contributed by atoms with van der Waals surface area (Å²) in [6.07, 6.45) is 4.63. The minimum absolute atomic E-state index is 0.0615. The molecule has 2 N–H and O–H groups in total. The van der Waals surface area contributed by atoms with Gasteiger partial charge in [-0.25, -0.2) is 0 Å². The number of fused-ring (bicyclic) bond motifs is 2. The largest absolute Gasteiger partial charge is 0.353 e. The highest BCUT2D eigenvalue weighted by Gasteiger charge is 2.61. The zero-order valence-corrected chi connectivity index (χ0v) is 9.25. The number of rotatable bonds is 4. The Morgan fingerprint density at radius 2 is 2.00 bits per heavy atom. The fourth-order valence-electron chi connectivity index (χ4n) is 3.69. The molecule has 15 heavy (non-hydrogen) atoms. The molecule has 84 valence electrons. The fourth-order valence-corrected chi connectivity index (χ4v) is 3.69. The molecule has 2 rings (SSSR count). The molecule has 4 heteroatoms. The minimum atomic E-state index is -0.198. The summed E-state index contributed by atoms with van der Waals surface area (Å²) in [6, 6.07) is 0.0615. The molecule has 2 bridgehead atoms. The molecule has 0 aromatic rings. The molecule has 0 radical (unpaired) electrons. The summed E-state index contributed by atoms with van der Waals surface area (Å²) in [5, 5.41) is 5.83. The number of carbonyl (C=O) groups is 2. The van der Waals surface area contributed by atoms with Crippen molar-refractivity contribution in [1.82, 2.24) is 10.6 Å². The Labute approximate surface area is 89.8 Å². The predicted octanol–water partition coefficient (Wildman–Crippen LogP) is 0.426. The lowest BCUT2D eigenvalue weighted by Gasteiger charge is -2.43. The summed E-state index contributed by atoms with van der Waals surface area (Å²) in [4.78, 5) is 21.3. The van der Waals surface area contributed by atoms with E-state index in [1.165, 1.54) is 0 Å². The Bertz CT molecular complexity index is 290. The van der Waals surface area contributed by atoms with Crippen LogP contribution in [0.3, 0.4) is 0 Å². The van der Waals surface area contributed by atoms with Gasteiger partial charge in [0, 0.05) is 0 Å². The van der Waals surface area contributed by atoms with Crippen LogP contribution in [0.15, 0.2) is 0 Å². The van der Waals surface area contributed by atoms with Crippen LogP contribution in [0.5, 0.6) is 0 Å². The lowest BCUT2D eigenvalue weighted by atomic mass is 9.71. The highest BCUT2D eigenvalue weighted by Crippen LogP contribution is 2.57. The van der Waals surface area contributed by atoms with Gasteiger partial charge in [0.2, 0.25) is 12.8 Å². The summed E-state index contributed by atoms with van der Waals surface area (Å²) in [6.45, 7) is 4.35. The standard InChI is InChI=1S/C11H18N2O2/c1-10(2)8-3-4-11(5-8,13-7-15)9(10)12-6-14/h6-9H,3-5H2,1-2H3,(H,12,14)(H,13,15). The van der Waals surface area contributed by atoms with E-state index in [2.05, 4.69) is 24.5 Å². The maximum absolute atomic E-state index is 10.7. The van der Waals surface area contributed by atoms with Crippen LogP contribution >= 0.6 is 0 Å². The normalized spacial score (nSPS) is 41.2. The van der Waals surface area contributed by atoms with Crippen molar-refractivity contribution in [1.29, 1.82) is 0 Å². The maximum Gasteiger partial charge on any atom is 0.207 e. The Hall–Kier alpha value is -1.06. The van der Waals surface area contributed by atoms with Gasteiger partial charge in [0.25, 0.3) is 0 Å². The first kappa shape index (κ1) is 10.5. The van der Waals surface area contributed by atoms with E-state index in [1.807, 2.05) is 0 Å².